The van der Waals surface area contributed by atoms with E-state index in [9.17, 15) is 4.79 Å². The standard InChI is InChI=1S/C12H11N5O/c1-9(18)17(2)12-5-3-4-10(6-12)15-16-11(7-13)8-14/h3-6,15H,1-2H3. The maximum absolute atomic E-state index is 11.2. The Hall–Kier alpha value is -2.86. The molecule has 6 nitrogen and oxygen atoms in total. The van der Waals surface area contributed by atoms with E-state index in [1.54, 1.807) is 43.5 Å². The second-order valence-electron chi connectivity index (χ2n) is 3.42. The SMILES string of the molecule is CC(=O)N(C)c1cccc(NN=C(C#N)C#N)c1. The molecule has 0 fully saturated rings. The number of hydrazone groups is 1. The lowest BCUT2D eigenvalue weighted by molar-refractivity contribution is -0.116. The van der Waals surface area contributed by atoms with Crippen LogP contribution in [-0.4, -0.2) is 18.7 Å². The maximum atomic E-state index is 11.2. The molecular formula is C12H11N5O. The maximum Gasteiger partial charge on any atom is 0.237 e. The summed E-state index contributed by atoms with van der Waals surface area (Å²) in [6.07, 6.45) is 0. The molecule has 1 aromatic rings. The molecule has 0 aliphatic rings. The van der Waals surface area contributed by atoms with Crippen molar-refractivity contribution in [2.75, 3.05) is 17.4 Å². The highest BCUT2D eigenvalue weighted by Crippen LogP contribution is 2.18. The third kappa shape index (κ3) is 3.32. The molecule has 1 N–H and O–H groups in total. The summed E-state index contributed by atoms with van der Waals surface area (Å²) < 4.78 is 0. The smallest absolute Gasteiger partial charge is 0.237 e. The van der Waals surface area contributed by atoms with Crippen LogP contribution in [0, 0.1) is 22.7 Å². The van der Waals surface area contributed by atoms with Gasteiger partial charge in [0.25, 0.3) is 0 Å². The summed E-state index contributed by atoms with van der Waals surface area (Å²) in [4.78, 5) is 12.7. The van der Waals surface area contributed by atoms with Crippen LogP contribution in [-0.2, 0) is 4.79 Å². The molecule has 0 heterocycles. The lowest BCUT2D eigenvalue weighted by atomic mass is 10.2. The van der Waals surface area contributed by atoms with Crippen molar-refractivity contribution in [3.63, 3.8) is 0 Å². The van der Waals surface area contributed by atoms with Gasteiger partial charge in [-0.3, -0.25) is 10.2 Å². The van der Waals surface area contributed by atoms with E-state index in [0.29, 0.717) is 11.4 Å². The van der Waals surface area contributed by atoms with Crippen LogP contribution in [0.4, 0.5) is 11.4 Å². The summed E-state index contributed by atoms with van der Waals surface area (Å²) in [5, 5.41) is 20.7. The Labute approximate surface area is 105 Å². The molecule has 0 atom stereocenters. The molecule has 0 aliphatic heterocycles. The highest BCUT2D eigenvalue weighted by atomic mass is 16.2. The number of hydrogen-bond acceptors (Lipinski definition) is 5. The van der Waals surface area contributed by atoms with Crippen LogP contribution in [0.2, 0.25) is 0 Å². The number of nitriles is 2. The normalized spacial score (nSPS) is 8.67. The Morgan fingerprint density at radius 2 is 2.06 bits per heavy atom. The summed E-state index contributed by atoms with van der Waals surface area (Å²) in [6.45, 7) is 1.46. The van der Waals surface area contributed by atoms with E-state index in [-0.39, 0.29) is 11.6 Å². The number of nitrogens with zero attached hydrogens (tertiary/aromatic N) is 4. The second kappa shape index (κ2) is 6.02. The van der Waals surface area contributed by atoms with Crippen molar-refractivity contribution < 1.29 is 4.79 Å². The number of amides is 1. The monoisotopic (exact) mass is 241 g/mol. The molecular weight excluding hydrogens is 230 g/mol. The Morgan fingerprint density at radius 1 is 1.39 bits per heavy atom. The van der Waals surface area contributed by atoms with Gasteiger partial charge in [0, 0.05) is 19.7 Å². The second-order valence-corrected chi connectivity index (χ2v) is 3.42. The van der Waals surface area contributed by atoms with Crippen molar-refractivity contribution >= 4 is 23.0 Å². The molecule has 1 aromatic carbocycles. The molecule has 0 bridgehead atoms. The van der Waals surface area contributed by atoms with Gasteiger partial charge in [-0.25, -0.2) is 0 Å². The third-order valence-corrected chi connectivity index (χ3v) is 2.21. The van der Waals surface area contributed by atoms with E-state index < -0.39 is 0 Å². The average Bonchev–Trinajstić information content (AvgIpc) is 2.39. The summed E-state index contributed by atoms with van der Waals surface area (Å²) >= 11 is 0. The minimum absolute atomic E-state index is 0.0922. The first-order chi connectivity index (χ1) is 8.58. The summed E-state index contributed by atoms with van der Waals surface area (Å²) in [5.41, 5.74) is 3.60. The van der Waals surface area contributed by atoms with E-state index in [1.165, 1.54) is 11.8 Å². The molecule has 0 saturated heterocycles. The first-order valence-electron chi connectivity index (χ1n) is 5.06. The number of rotatable bonds is 3. The topological polar surface area (TPSA) is 92.3 Å². The van der Waals surface area contributed by atoms with Crippen molar-refractivity contribution in [3.05, 3.63) is 24.3 Å². The van der Waals surface area contributed by atoms with Crippen molar-refractivity contribution in [2.45, 2.75) is 6.92 Å². The first kappa shape index (κ1) is 13.2. The van der Waals surface area contributed by atoms with Crippen LogP contribution in [0.3, 0.4) is 0 Å². The van der Waals surface area contributed by atoms with Crippen LogP contribution in [0.1, 0.15) is 6.92 Å². The zero-order chi connectivity index (χ0) is 13.5. The van der Waals surface area contributed by atoms with Crippen LogP contribution in [0.25, 0.3) is 0 Å². The minimum atomic E-state index is -0.264. The van der Waals surface area contributed by atoms with Gasteiger partial charge >= 0.3 is 0 Å². The lowest BCUT2D eigenvalue weighted by Gasteiger charge is -2.15. The van der Waals surface area contributed by atoms with Crippen LogP contribution >= 0.6 is 0 Å². The van der Waals surface area contributed by atoms with Gasteiger partial charge in [0.05, 0.1) is 5.69 Å². The minimum Gasteiger partial charge on any atom is -0.316 e. The van der Waals surface area contributed by atoms with Crippen molar-refractivity contribution in [3.8, 4) is 12.1 Å². The fraction of sp³-hybridized carbons (Fsp3) is 0.167. The average molecular weight is 241 g/mol. The Bertz CT molecular complexity index is 549. The zero-order valence-electron chi connectivity index (χ0n) is 10.0. The van der Waals surface area contributed by atoms with Crippen LogP contribution < -0.4 is 10.3 Å². The fourth-order valence-corrected chi connectivity index (χ4v) is 1.16. The number of carbonyl (C=O) groups excluding carboxylic acids is 1. The van der Waals surface area contributed by atoms with Crippen molar-refractivity contribution in [1.82, 2.24) is 0 Å². The molecule has 6 heteroatoms. The predicted octanol–water partition coefficient (Wildman–Crippen LogP) is 1.48. The molecule has 18 heavy (non-hydrogen) atoms. The Morgan fingerprint density at radius 3 is 2.61 bits per heavy atom. The molecule has 0 saturated carbocycles. The van der Waals surface area contributed by atoms with E-state index in [4.69, 9.17) is 10.5 Å². The number of anilines is 2. The highest BCUT2D eigenvalue weighted by Gasteiger charge is 2.05. The van der Waals surface area contributed by atoms with Gasteiger partial charge in [-0.15, -0.1) is 0 Å². The van der Waals surface area contributed by atoms with Crippen molar-refractivity contribution in [2.24, 2.45) is 5.10 Å². The summed E-state index contributed by atoms with van der Waals surface area (Å²) in [6, 6.07) is 10.2. The Balaban J connectivity index is 2.91. The molecule has 0 unspecified atom stereocenters. The van der Waals surface area contributed by atoms with Crippen molar-refractivity contribution in [1.29, 1.82) is 10.5 Å². The summed E-state index contributed by atoms with van der Waals surface area (Å²) in [5.74, 6) is -0.0922. The number of hydrogen-bond donors (Lipinski definition) is 1. The van der Waals surface area contributed by atoms with Gasteiger partial charge in [0.2, 0.25) is 11.6 Å². The first-order valence-corrected chi connectivity index (χ1v) is 5.06. The largest absolute Gasteiger partial charge is 0.316 e. The Kier molecular flexibility index (Phi) is 4.42. The third-order valence-electron chi connectivity index (χ3n) is 2.21. The molecule has 0 spiro atoms. The number of nitrogens with one attached hydrogen (secondary N) is 1. The zero-order valence-corrected chi connectivity index (χ0v) is 10.0. The molecule has 0 radical (unpaired) electrons. The number of benzene rings is 1. The summed E-state index contributed by atoms with van der Waals surface area (Å²) in [7, 11) is 1.65. The van der Waals surface area contributed by atoms with E-state index in [2.05, 4.69) is 10.5 Å². The van der Waals surface area contributed by atoms with Gasteiger partial charge in [-0.1, -0.05) is 6.07 Å². The molecule has 0 aliphatic carbocycles. The van der Waals surface area contributed by atoms with E-state index in [1.807, 2.05) is 0 Å². The predicted molar refractivity (Wildman–Crippen MR) is 67.8 cm³/mol. The van der Waals surface area contributed by atoms with Gasteiger partial charge in [-0.2, -0.15) is 15.6 Å². The lowest BCUT2D eigenvalue weighted by Crippen LogP contribution is -2.22. The molecule has 0 aromatic heterocycles. The fourth-order valence-electron chi connectivity index (χ4n) is 1.16. The van der Waals surface area contributed by atoms with Crippen LogP contribution in [0.15, 0.2) is 29.4 Å². The quantitative estimate of drug-likeness (QED) is 0.640. The van der Waals surface area contributed by atoms with Gasteiger partial charge in [0.15, 0.2) is 0 Å². The van der Waals surface area contributed by atoms with Gasteiger partial charge in [-0.05, 0) is 18.2 Å². The van der Waals surface area contributed by atoms with Gasteiger partial charge in [0.1, 0.15) is 12.1 Å². The number of carbonyl (C=O) groups is 1. The van der Waals surface area contributed by atoms with E-state index >= 15 is 0 Å². The van der Waals surface area contributed by atoms with Gasteiger partial charge < -0.3 is 4.90 Å². The molecule has 1 amide bonds. The highest BCUT2D eigenvalue weighted by molar-refractivity contribution is 6.10. The van der Waals surface area contributed by atoms with E-state index in [0.717, 1.165) is 0 Å². The molecule has 1 rings (SSSR count). The van der Waals surface area contributed by atoms with Crippen LogP contribution in [0.5, 0.6) is 0 Å². The molecule has 90 valence electrons.